The topological polar surface area (TPSA) is 104 Å². The first kappa shape index (κ1) is 18.9. The number of hydrogen-bond acceptors (Lipinski definition) is 6. The molecule has 3 N–H and O–H groups in total. The Morgan fingerprint density at radius 2 is 1.90 bits per heavy atom. The number of aromatic nitrogens is 2. The molecule has 8 heteroatoms. The first-order valence-corrected chi connectivity index (χ1v) is 9.85. The molecule has 29 heavy (non-hydrogen) atoms. The van der Waals surface area contributed by atoms with Crippen molar-refractivity contribution >= 4 is 23.1 Å². The quantitative estimate of drug-likeness (QED) is 0.575. The van der Waals surface area contributed by atoms with Crippen LogP contribution in [-0.4, -0.2) is 15.9 Å². The van der Waals surface area contributed by atoms with E-state index in [1.807, 2.05) is 49.4 Å². The molecule has 2 aromatic heterocycles. The summed E-state index contributed by atoms with van der Waals surface area (Å²) in [5, 5.41) is 2.91. The Labute approximate surface area is 170 Å². The molecular weight excluding hydrogens is 390 g/mol. The number of fused-ring (bicyclic) bond motifs is 1. The maximum absolute atomic E-state index is 13.1. The fraction of sp³-hybridized carbons (Fsp3) is 0.190. The molecule has 1 aromatic carbocycles. The van der Waals surface area contributed by atoms with E-state index in [1.165, 1.54) is 11.3 Å². The minimum absolute atomic E-state index is 0.120. The summed E-state index contributed by atoms with van der Waals surface area (Å²) in [4.78, 5) is 44.1. The van der Waals surface area contributed by atoms with Gasteiger partial charge in [-0.1, -0.05) is 36.9 Å². The van der Waals surface area contributed by atoms with E-state index < -0.39 is 29.1 Å². The number of nitrogens with one attached hydrogen (secondary N) is 3. The number of carbonyl (C=O) groups is 1. The van der Waals surface area contributed by atoms with Crippen molar-refractivity contribution in [1.29, 1.82) is 0 Å². The van der Waals surface area contributed by atoms with Crippen LogP contribution in [0.4, 0.5) is 5.82 Å². The molecule has 0 radical (unpaired) electrons. The maximum atomic E-state index is 13.1. The van der Waals surface area contributed by atoms with Crippen LogP contribution in [0.2, 0.25) is 0 Å². The highest BCUT2D eigenvalue weighted by atomic mass is 32.1. The van der Waals surface area contributed by atoms with Crippen molar-refractivity contribution in [3.63, 3.8) is 0 Å². The van der Waals surface area contributed by atoms with Crippen LogP contribution < -0.4 is 16.6 Å². The molecule has 0 fully saturated rings. The van der Waals surface area contributed by atoms with Crippen molar-refractivity contribution < 1.29 is 9.53 Å². The number of aromatic amines is 2. The summed E-state index contributed by atoms with van der Waals surface area (Å²) in [6.07, 6.45) is 0. The highest BCUT2D eigenvalue weighted by Gasteiger charge is 2.42. The van der Waals surface area contributed by atoms with Gasteiger partial charge in [0.25, 0.3) is 5.56 Å². The van der Waals surface area contributed by atoms with Crippen molar-refractivity contribution in [3.05, 3.63) is 96.5 Å². The van der Waals surface area contributed by atoms with Crippen LogP contribution in [0.25, 0.3) is 0 Å². The number of anilines is 1. The van der Waals surface area contributed by atoms with Gasteiger partial charge in [-0.25, -0.2) is 4.79 Å². The molecule has 0 saturated heterocycles. The van der Waals surface area contributed by atoms with E-state index in [4.69, 9.17) is 4.74 Å². The average Bonchev–Trinajstić information content (AvgIpc) is 3.11. The normalized spacial score (nSPS) is 18.0. The van der Waals surface area contributed by atoms with Gasteiger partial charge >= 0.3 is 11.7 Å². The maximum Gasteiger partial charge on any atom is 0.327 e. The molecule has 1 aliphatic rings. The second-order valence-electron chi connectivity index (χ2n) is 6.84. The second-order valence-corrected chi connectivity index (χ2v) is 8.16. The SMILES string of the molecule is C=C1Nc2[nH]c(=O)[nH]c(=O)c2[C@@H](c2ccc(C)s2)[C@@H]1C(=O)OCc1ccccc1. The lowest BCUT2D eigenvalue weighted by Crippen LogP contribution is -2.39. The van der Waals surface area contributed by atoms with Gasteiger partial charge in [-0.05, 0) is 24.6 Å². The number of rotatable bonds is 4. The van der Waals surface area contributed by atoms with Crippen LogP contribution in [0.3, 0.4) is 0 Å². The zero-order valence-electron chi connectivity index (χ0n) is 15.7. The molecule has 0 spiro atoms. The molecule has 7 nitrogen and oxygen atoms in total. The molecule has 2 atom stereocenters. The number of H-pyrrole nitrogens is 2. The van der Waals surface area contributed by atoms with Gasteiger partial charge in [-0.2, -0.15) is 0 Å². The number of benzene rings is 1. The van der Waals surface area contributed by atoms with Crippen LogP contribution in [-0.2, 0) is 16.1 Å². The summed E-state index contributed by atoms with van der Waals surface area (Å²) >= 11 is 1.49. The highest BCUT2D eigenvalue weighted by molar-refractivity contribution is 7.12. The largest absolute Gasteiger partial charge is 0.460 e. The fourth-order valence-corrected chi connectivity index (χ4v) is 4.55. The predicted octanol–water partition coefficient (Wildman–Crippen LogP) is 2.86. The minimum Gasteiger partial charge on any atom is -0.460 e. The van der Waals surface area contributed by atoms with E-state index in [-0.39, 0.29) is 12.4 Å². The zero-order chi connectivity index (χ0) is 20.5. The Bertz CT molecular complexity index is 1190. The van der Waals surface area contributed by atoms with Gasteiger partial charge in [0.1, 0.15) is 18.3 Å². The van der Waals surface area contributed by atoms with Crippen molar-refractivity contribution in [2.45, 2.75) is 19.4 Å². The van der Waals surface area contributed by atoms with Gasteiger partial charge in [-0.3, -0.25) is 19.6 Å². The first-order chi connectivity index (χ1) is 13.9. The summed E-state index contributed by atoms with van der Waals surface area (Å²) in [5.74, 6) is -1.65. The van der Waals surface area contributed by atoms with Gasteiger partial charge in [0, 0.05) is 21.4 Å². The molecule has 4 rings (SSSR count). The predicted molar refractivity (Wildman–Crippen MR) is 111 cm³/mol. The molecule has 148 valence electrons. The summed E-state index contributed by atoms with van der Waals surface area (Å²) < 4.78 is 5.56. The van der Waals surface area contributed by atoms with Crippen molar-refractivity contribution in [2.24, 2.45) is 5.92 Å². The van der Waals surface area contributed by atoms with Gasteiger partial charge in [0.15, 0.2) is 0 Å². The number of esters is 1. The van der Waals surface area contributed by atoms with Gasteiger partial charge in [0.05, 0.1) is 5.56 Å². The average molecular weight is 409 g/mol. The fourth-order valence-electron chi connectivity index (χ4n) is 3.52. The number of thiophene rings is 1. The lowest BCUT2D eigenvalue weighted by molar-refractivity contribution is -0.149. The van der Waals surface area contributed by atoms with Gasteiger partial charge in [-0.15, -0.1) is 11.3 Å². The van der Waals surface area contributed by atoms with Crippen molar-refractivity contribution in [3.8, 4) is 0 Å². The first-order valence-electron chi connectivity index (χ1n) is 9.03. The van der Waals surface area contributed by atoms with Crippen LogP contribution in [0.1, 0.15) is 26.8 Å². The standard InChI is InChI=1S/C21H19N3O4S/c1-11-8-9-14(29-11)16-15(20(26)28-10-13-6-4-3-5-7-13)12(2)22-18-17(16)19(25)24-21(27)23-18/h3-9,15-16H,2,10H2,1H3,(H3,22,23,24,25,27)/t15-,16+/m1/s1. The summed E-state index contributed by atoms with van der Waals surface area (Å²) in [6.45, 7) is 6.04. The Morgan fingerprint density at radius 3 is 2.59 bits per heavy atom. The van der Waals surface area contributed by atoms with Crippen LogP contribution in [0, 0.1) is 12.8 Å². The summed E-state index contributed by atoms with van der Waals surface area (Å²) in [6, 6.07) is 13.2. The van der Waals surface area contributed by atoms with E-state index in [2.05, 4.69) is 21.9 Å². The third-order valence-electron chi connectivity index (χ3n) is 4.83. The van der Waals surface area contributed by atoms with Gasteiger partial charge in [0.2, 0.25) is 0 Å². The highest BCUT2D eigenvalue weighted by Crippen LogP contribution is 2.43. The minimum atomic E-state index is -0.809. The lowest BCUT2D eigenvalue weighted by atomic mass is 9.81. The van der Waals surface area contributed by atoms with Gasteiger partial charge < -0.3 is 10.1 Å². The number of carbonyl (C=O) groups excluding carboxylic acids is 1. The number of hydrogen-bond donors (Lipinski definition) is 3. The zero-order valence-corrected chi connectivity index (χ0v) is 16.5. The van der Waals surface area contributed by atoms with Crippen LogP contribution >= 0.6 is 11.3 Å². The summed E-state index contributed by atoms with van der Waals surface area (Å²) in [7, 11) is 0. The summed E-state index contributed by atoms with van der Waals surface area (Å²) in [5.41, 5.74) is 0.357. The Kier molecular flexibility index (Phi) is 4.94. The smallest absolute Gasteiger partial charge is 0.327 e. The number of ether oxygens (including phenoxy) is 1. The van der Waals surface area contributed by atoms with E-state index in [1.54, 1.807) is 0 Å². The Hall–Kier alpha value is -3.39. The third kappa shape index (κ3) is 3.66. The van der Waals surface area contributed by atoms with Crippen LogP contribution in [0.5, 0.6) is 0 Å². The van der Waals surface area contributed by atoms with E-state index in [0.29, 0.717) is 11.3 Å². The lowest BCUT2D eigenvalue weighted by Gasteiger charge is -2.32. The third-order valence-corrected chi connectivity index (χ3v) is 5.91. The molecule has 0 amide bonds. The molecule has 1 aliphatic heterocycles. The molecule has 3 heterocycles. The Morgan fingerprint density at radius 1 is 1.14 bits per heavy atom. The van der Waals surface area contributed by atoms with Crippen molar-refractivity contribution in [1.82, 2.24) is 9.97 Å². The molecule has 0 aliphatic carbocycles. The van der Waals surface area contributed by atoms with E-state index in [0.717, 1.165) is 15.3 Å². The molecular formula is C21H19N3O4S. The van der Waals surface area contributed by atoms with Crippen LogP contribution in [0.15, 0.2) is 64.3 Å². The second kappa shape index (κ2) is 7.56. The molecule has 0 saturated carbocycles. The number of aryl methyl sites for hydroxylation is 1. The molecule has 3 aromatic rings. The Balaban J connectivity index is 1.75. The van der Waals surface area contributed by atoms with E-state index in [9.17, 15) is 14.4 Å². The molecule has 0 unspecified atom stereocenters. The van der Waals surface area contributed by atoms with E-state index >= 15 is 0 Å². The monoisotopic (exact) mass is 409 g/mol. The van der Waals surface area contributed by atoms with Crippen molar-refractivity contribution in [2.75, 3.05) is 5.32 Å². The molecule has 0 bridgehead atoms.